The molecule has 2 heterocycles. The van der Waals surface area contributed by atoms with Gasteiger partial charge in [0, 0.05) is 36.9 Å². The van der Waals surface area contributed by atoms with E-state index in [1.54, 1.807) is 30.3 Å². The average Bonchev–Trinajstić information content (AvgIpc) is 2.76. The van der Waals surface area contributed by atoms with Crippen molar-refractivity contribution in [2.24, 2.45) is 0 Å². The molecular weight excluding hydrogens is 408 g/mol. The molecule has 0 amide bonds. The number of hydrogen-bond acceptors (Lipinski definition) is 6. The molecule has 0 radical (unpaired) electrons. The number of aromatic nitrogens is 2. The van der Waals surface area contributed by atoms with E-state index in [1.165, 1.54) is 11.8 Å². The van der Waals surface area contributed by atoms with Crippen molar-refractivity contribution in [1.29, 1.82) is 0 Å². The number of rotatable bonds is 5. The highest BCUT2D eigenvalue weighted by atomic mass is 35.5. The Bertz CT molecular complexity index is 1050. The summed E-state index contributed by atoms with van der Waals surface area (Å²) in [5, 5.41) is 8.73. The van der Waals surface area contributed by atoms with Gasteiger partial charge in [0.15, 0.2) is 10.8 Å². The molecule has 1 aromatic heterocycles. The van der Waals surface area contributed by atoms with Crippen LogP contribution in [0.2, 0.25) is 5.02 Å². The highest BCUT2D eigenvalue weighted by molar-refractivity contribution is 7.90. The van der Waals surface area contributed by atoms with Gasteiger partial charge in [0.05, 0.1) is 5.75 Å². The van der Waals surface area contributed by atoms with Crippen LogP contribution in [0.4, 0.5) is 11.5 Å². The Balaban J connectivity index is 1.41. The van der Waals surface area contributed by atoms with Crippen LogP contribution >= 0.6 is 11.6 Å². The van der Waals surface area contributed by atoms with Crippen molar-refractivity contribution in [3.8, 4) is 0 Å². The van der Waals surface area contributed by atoms with Crippen LogP contribution in [0, 0.1) is 0 Å². The Morgan fingerprint density at radius 2 is 1.45 bits per heavy atom. The molecule has 0 saturated carbocycles. The van der Waals surface area contributed by atoms with E-state index >= 15 is 0 Å². The van der Waals surface area contributed by atoms with Crippen molar-refractivity contribution in [2.75, 3.05) is 36.0 Å². The summed E-state index contributed by atoms with van der Waals surface area (Å²) in [4.78, 5) is 4.46. The minimum Gasteiger partial charge on any atom is -0.368 e. The van der Waals surface area contributed by atoms with Gasteiger partial charge in [-0.15, -0.1) is 10.2 Å². The van der Waals surface area contributed by atoms with Crippen LogP contribution in [-0.2, 0) is 15.6 Å². The Labute approximate surface area is 175 Å². The number of para-hydroxylation sites is 1. The lowest BCUT2D eigenvalue weighted by molar-refractivity contribution is 0.588. The summed E-state index contributed by atoms with van der Waals surface area (Å²) in [6, 6.07) is 20.3. The zero-order valence-corrected chi connectivity index (χ0v) is 17.4. The number of piperazine rings is 1. The highest BCUT2D eigenvalue weighted by Crippen LogP contribution is 2.21. The van der Waals surface area contributed by atoms with E-state index in [0.717, 1.165) is 26.2 Å². The molecule has 1 fully saturated rings. The zero-order chi connectivity index (χ0) is 20.3. The quantitative estimate of drug-likeness (QED) is 0.620. The van der Waals surface area contributed by atoms with Gasteiger partial charge in [-0.2, -0.15) is 0 Å². The lowest BCUT2D eigenvalue weighted by Crippen LogP contribution is -2.46. The summed E-state index contributed by atoms with van der Waals surface area (Å²) in [6.45, 7) is 3.37. The molecule has 150 valence electrons. The van der Waals surface area contributed by atoms with Crippen molar-refractivity contribution in [2.45, 2.75) is 10.8 Å². The van der Waals surface area contributed by atoms with E-state index < -0.39 is 9.84 Å². The molecule has 1 aliphatic rings. The second kappa shape index (κ2) is 8.39. The molecule has 0 aliphatic carbocycles. The molecule has 29 heavy (non-hydrogen) atoms. The van der Waals surface area contributed by atoms with Crippen LogP contribution in [0.3, 0.4) is 0 Å². The fourth-order valence-corrected chi connectivity index (χ4v) is 4.70. The molecule has 6 nitrogen and oxygen atoms in total. The molecule has 0 bridgehead atoms. The SMILES string of the molecule is O=S(=O)(Cc1ccc(Cl)cc1)c1ccc(N2CCN(c3ccccc3)CC2)nn1. The molecule has 1 saturated heterocycles. The Morgan fingerprint density at radius 3 is 2.07 bits per heavy atom. The standard InChI is InChI=1S/C21H21ClN4O2S/c22-18-8-6-17(7-9-18)16-29(27,28)21-11-10-20(23-24-21)26-14-12-25(13-15-26)19-4-2-1-3-5-19/h1-11H,12-16H2. The third-order valence-corrected chi connectivity index (χ3v) is 6.76. The molecule has 4 rings (SSSR count). The number of benzene rings is 2. The van der Waals surface area contributed by atoms with Gasteiger partial charge < -0.3 is 9.80 Å². The molecular formula is C21H21ClN4O2S. The summed E-state index contributed by atoms with van der Waals surface area (Å²) >= 11 is 5.86. The van der Waals surface area contributed by atoms with Gasteiger partial charge in [-0.05, 0) is 42.0 Å². The first-order chi connectivity index (χ1) is 14.0. The molecule has 3 aromatic rings. The van der Waals surface area contributed by atoms with Crippen LogP contribution in [0.1, 0.15) is 5.56 Å². The summed E-state index contributed by atoms with van der Waals surface area (Å²) in [6.07, 6.45) is 0. The van der Waals surface area contributed by atoms with Gasteiger partial charge in [0.25, 0.3) is 0 Å². The fraction of sp³-hybridized carbons (Fsp3) is 0.238. The number of anilines is 2. The van der Waals surface area contributed by atoms with Crippen molar-refractivity contribution in [3.05, 3.63) is 77.3 Å². The minimum atomic E-state index is -3.56. The van der Waals surface area contributed by atoms with Crippen molar-refractivity contribution < 1.29 is 8.42 Å². The molecule has 1 aliphatic heterocycles. The van der Waals surface area contributed by atoms with Crippen molar-refractivity contribution in [1.82, 2.24) is 10.2 Å². The van der Waals surface area contributed by atoms with Crippen molar-refractivity contribution >= 4 is 32.9 Å². The number of nitrogens with zero attached hydrogens (tertiary/aromatic N) is 4. The van der Waals surface area contributed by atoms with Gasteiger partial charge in [-0.3, -0.25) is 0 Å². The topological polar surface area (TPSA) is 66.4 Å². The van der Waals surface area contributed by atoms with E-state index in [2.05, 4.69) is 32.1 Å². The second-order valence-corrected chi connectivity index (χ2v) is 9.30. The van der Waals surface area contributed by atoms with E-state index in [-0.39, 0.29) is 10.8 Å². The molecule has 8 heteroatoms. The van der Waals surface area contributed by atoms with Gasteiger partial charge in [0.1, 0.15) is 0 Å². The maximum atomic E-state index is 12.6. The Kier molecular flexibility index (Phi) is 5.69. The van der Waals surface area contributed by atoms with Crippen LogP contribution < -0.4 is 9.80 Å². The molecule has 2 aromatic carbocycles. The van der Waals surface area contributed by atoms with Crippen LogP contribution in [0.25, 0.3) is 0 Å². The first-order valence-electron chi connectivity index (χ1n) is 9.37. The molecule has 0 spiro atoms. The normalized spacial score (nSPS) is 14.8. The third kappa shape index (κ3) is 4.68. The molecule has 0 unspecified atom stereocenters. The monoisotopic (exact) mass is 428 g/mol. The van der Waals surface area contributed by atoms with Gasteiger partial charge in [-0.1, -0.05) is 41.9 Å². The summed E-state index contributed by atoms with van der Waals surface area (Å²) in [5.41, 5.74) is 1.87. The maximum absolute atomic E-state index is 12.6. The van der Waals surface area contributed by atoms with Gasteiger partial charge in [-0.25, -0.2) is 8.42 Å². The third-order valence-electron chi connectivity index (χ3n) is 4.94. The summed E-state index contributed by atoms with van der Waals surface area (Å²) in [7, 11) is -3.56. The van der Waals surface area contributed by atoms with Crippen LogP contribution in [0.15, 0.2) is 71.8 Å². The number of halogens is 1. The van der Waals surface area contributed by atoms with Crippen LogP contribution in [0.5, 0.6) is 0 Å². The van der Waals surface area contributed by atoms with E-state index in [4.69, 9.17) is 11.6 Å². The smallest absolute Gasteiger partial charge is 0.201 e. The minimum absolute atomic E-state index is 0.0147. The molecule has 0 N–H and O–H groups in total. The maximum Gasteiger partial charge on any atom is 0.201 e. The second-order valence-electron chi connectivity index (χ2n) is 6.92. The van der Waals surface area contributed by atoms with Crippen LogP contribution in [-0.4, -0.2) is 44.8 Å². The zero-order valence-electron chi connectivity index (χ0n) is 15.8. The van der Waals surface area contributed by atoms with E-state index in [9.17, 15) is 8.42 Å². The Morgan fingerprint density at radius 1 is 0.793 bits per heavy atom. The summed E-state index contributed by atoms with van der Waals surface area (Å²) < 4.78 is 25.2. The lowest BCUT2D eigenvalue weighted by atomic mass is 10.2. The average molecular weight is 429 g/mol. The lowest BCUT2D eigenvalue weighted by Gasteiger charge is -2.36. The number of sulfone groups is 1. The largest absolute Gasteiger partial charge is 0.368 e. The van der Waals surface area contributed by atoms with E-state index in [0.29, 0.717) is 16.4 Å². The predicted molar refractivity (Wildman–Crippen MR) is 115 cm³/mol. The fourth-order valence-electron chi connectivity index (χ4n) is 3.35. The highest BCUT2D eigenvalue weighted by Gasteiger charge is 2.21. The first-order valence-corrected chi connectivity index (χ1v) is 11.4. The summed E-state index contributed by atoms with van der Waals surface area (Å²) in [5.74, 6) is 0.566. The van der Waals surface area contributed by atoms with Gasteiger partial charge >= 0.3 is 0 Å². The molecule has 0 atom stereocenters. The van der Waals surface area contributed by atoms with Crippen molar-refractivity contribution in [3.63, 3.8) is 0 Å². The van der Waals surface area contributed by atoms with E-state index in [1.807, 2.05) is 18.2 Å². The number of hydrogen-bond donors (Lipinski definition) is 0. The van der Waals surface area contributed by atoms with Gasteiger partial charge in [0.2, 0.25) is 9.84 Å². The predicted octanol–water partition coefficient (Wildman–Crippen LogP) is 3.43. The Hall–Kier alpha value is -2.64. The first kappa shape index (κ1) is 19.7.